The largest absolute Gasteiger partial charge is 0.396 e. The van der Waals surface area contributed by atoms with Crippen molar-refractivity contribution in [2.45, 2.75) is 58.9 Å². The maximum atomic E-state index is 9.43. The fraction of sp³-hybridized carbons (Fsp3) is 0.708. The first-order valence-corrected chi connectivity index (χ1v) is 11.7. The lowest BCUT2D eigenvalue weighted by molar-refractivity contribution is -0.0704. The highest BCUT2D eigenvalue weighted by atomic mass is 16.5. The lowest BCUT2D eigenvalue weighted by Crippen LogP contribution is -2.44. The zero-order valence-electron chi connectivity index (χ0n) is 19.4. The molecule has 0 aromatic heterocycles. The molecule has 2 saturated heterocycles. The molecule has 0 bridgehead atoms. The Hall–Kier alpha value is -1.67. The molecule has 2 fully saturated rings. The van der Waals surface area contributed by atoms with E-state index >= 15 is 0 Å². The molecule has 174 valence electrons. The lowest BCUT2D eigenvalue weighted by atomic mass is 9.84. The van der Waals surface area contributed by atoms with Gasteiger partial charge < -0.3 is 25.2 Å². The topological polar surface area (TPSA) is 78.4 Å². The van der Waals surface area contributed by atoms with Gasteiger partial charge in [0.25, 0.3) is 0 Å². The summed E-state index contributed by atoms with van der Waals surface area (Å²) in [7, 11) is 0. The number of hydrogen-bond acceptors (Lipinski definition) is 5. The van der Waals surface area contributed by atoms with E-state index in [-0.39, 0.29) is 12.0 Å². The van der Waals surface area contributed by atoms with Crippen molar-refractivity contribution in [2.75, 3.05) is 46.0 Å². The fourth-order valence-electron chi connectivity index (χ4n) is 4.52. The molecule has 0 saturated carbocycles. The lowest BCUT2D eigenvalue weighted by Gasteiger charge is -2.35. The van der Waals surface area contributed by atoms with Crippen molar-refractivity contribution < 1.29 is 14.6 Å². The molecule has 3 N–H and O–H groups in total. The summed E-state index contributed by atoms with van der Waals surface area (Å²) in [6.07, 6.45) is 2.31. The van der Waals surface area contributed by atoms with E-state index in [9.17, 15) is 5.11 Å². The van der Waals surface area contributed by atoms with Crippen molar-refractivity contribution in [3.8, 4) is 0 Å². The number of nitrogens with zero attached hydrogens (tertiary/aromatic N) is 2. The molecule has 0 radical (unpaired) electrons. The molecule has 3 unspecified atom stereocenters. The van der Waals surface area contributed by atoms with E-state index in [1.165, 1.54) is 11.1 Å². The minimum atomic E-state index is 0.00107. The van der Waals surface area contributed by atoms with Crippen LogP contribution in [0.15, 0.2) is 29.3 Å². The van der Waals surface area contributed by atoms with E-state index in [0.29, 0.717) is 25.4 Å². The summed E-state index contributed by atoms with van der Waals surface area (Å²) in [5.41, 5.74) is 2.52. The van der Waals surface area contributed by atoms with Crippen LogP contribution in [0.1, 0.15) is 44.7 Å². The van der Waals surface area contributed by atoms with Crippen LogP contribution in [0, 0.1) is 5.41 Å². The average Bonchev–Trinajstić information content (AvgIpc) is 3.19. The van der Waals surface area contributed by atoms with Gasteiger partial charge in [-0.15, -0.1) is 0 Å². The molecule has 2 heterocycles. The Morgan fingerprint density at radius 3 is 2.48 bits per heavy atom. The van der Waals surface area contributed by atoms with Crippen molar-refractivity contribution >= 4 is 5.96 Å². The first kappa shape index (κ1) is 24.0. The summed E-state index contributed by atoms with van der Waals surface area (Å²) < 4.78 is 11.4. The molecule has 3 rings (SSSR count). The molecule has 0 spiro atoms. The number of guanidine groups is 1. The number of ether oxygens (including phenoxy) is 2. The molecule has 31 heavy (non-hydrogen) atoms. The first-order chi connectivity index (χ1) is 15.0. The van der Waals surface area contributed by atoms with Gasteiger partial charge in [0.05, 0.1) is 25.4 Å². The number of nitrogens with one attached hydrogen (secondary N) is 2. The molecular formula is C24H40N4O3. The third-order valence-corrected chi connectivity index (χ3v) is 6.15. The van der Waals surface area contributed by atoms with Crippen LogP contribution in [0.4, 0.5) is 0 Å². The van der Waals surface area contributed by atoms with Crippen LogP contribution in [0.5, 0.6) is 0 Å². The van der Waals surface area contributed by atoms with Crippen LogP contribution in [0.3, 0.4) is 0 Å². The van der Waals surface area contributed by atoms with Crippen molar-refractivity contribution in [3.63, 3.8) is 0 Å². The van der Waals surface area contributed by atoms with Gasteiger partial charge in [-0.1, -0.05) is 24.3 Å². The molecular weight excluding hydrogens is 392 g/mol. The van der Waals surface area contributed by atoms with Gasteiger partial charge in [0.1, 0.15) is 0 Å². The zero-order chi connectivity index (χ0) is 22.1. The van der Waals surface area contributed by atoms with E-state index in [1.807, 2.05) is 0 Å². The maximum Gasteiger partial charge on any atom is 0.191 e. The van der Waals surface area contributed by atoms with Gasteiger partial charge in [-0.2, -0.15) is 0 Å². The number of aliphatic hydroxyl groups is 1. The smallest absolute Gasteiger partial charge is 0.191 e. The quantitative estimate of drug-likeness (QED) is 0.410. The molecule has 2 aliphatic rings. The fourth-order valence-corrected chi connectivity index (χ4v) is 4.52. The Morgan fingerprint density at radius 2 is 1.87 bits per heavy atom. The van der Waals surface area contributed by atoms with Crippen molar-refractivity contribution in [1.82, 2.24) is 15.5 Å². The molecule has 1 aromatic carbocycles. The molecule has 7 heteroatoms. The van der Waals surface area contributed by atoms with E-state index in [1.54, 1.807) is 0 Å². The Morgan fingerprint density at radius 1 is 1.16 bits per heavy atom. The number of morpholine rings is 1. The molecule has 3 atom stereocenters. The SMILES string of the molecule is CCNC(=NCc1ccc(CN2CC(C)OC(C)C2)cc1)NCC1(CCO)CCOC1. The van der Waals surface area contributed by atoms with Crippen LogP contribution in [-0.2, 0) is 22.6 Å². The van der Waals surface area contributed by atoms with E-state index in [4.69, 9.17) is 14.5 Å². The molecule has 1 aromatic rings. The number of aliphatic hydroxyl groups excluding tert-OH is 1. The molecule has 7 nitrogen and oxygen atoms in total. The van der Waals surface area contributed by atoms with Crippen LogP contribution in [0.2, 0.25) is 0 Å². The van der Waals surface area contributed by atoms with Crippen LogP contribution in [0.25, 0.3) is 0 Å². The maximum absolute atomic E-state index is 9.43. The summed E-state index contributed by atoms with van der Waals surface area (Å²) in [4.78, 5) is 7.23. The zero-order valence-corrected chi connectivity index (χ0v) is 19.4. The molecule has 2 aliphatic heterocycles. The second-order valence-electron chi connectivity index (χ2n) is 9.09. The summed E-state index contributed by atoms with van der Waals surface area (Å²) >= 11 is 0. The molecule has 0 aliphatic carbocycles. The number of aliphatic imine (C=N–C) groups is 1. The minimum Gasteiger partial charge on any atom is -0.396 e. The Bertz CT molecular complexity index is 679. The number of hydrogen-bond donors (Lipinski definition) is 3. The van der Waals surface area contributed by atoms with E-state index in [2.05, 4.69) is 60.6 Å². The van der Waals surface area contributed by atoms with Gasteiger partial charge in [-0.3, -0.25) is 4.90 Å². The number of rotatable bonds is 9. The number of benzene rings is 1. The van der Waals surface area contributed by atoms with Gasteiger partial charge in [0, 0.05) is 51.4 Å². The highest BCUT2D eigenvalue weighted by Gasteiger charge is 2.34. The minimum absolute atomic E-state index is 0.00107. The van der Waals surface area contributed by atoms with Gasteiger partial charge >= 0.3 is 0 Å². The summed E-state index contributed by atoms with van der Waals surface area (Å²) in [6.45, 7) is 13.1. The highest BCUT2D eigenvalue weighted by molar-refractivity contribution is 5.79. The Balaban J connectivity index is 1.53. The van der Waals surface area contributed by atoms with E-state index < -0.39 is 0 Å². The van der Waals surface area contributed by atoms with Gasteiger partial charge in [0.2, 0.25) is 0 Å². The average molecular weight is 433 g/mol. The van der Waals surface area contributed by atoms with Crippen LogP contribution in [-0.4, -0.2) is 74.2 Å². The van der Waals surface area contributed by atoms with Crippen molar-refractivity contribution in [3.05, 3.63) is 35.4 Å². The highest BCUT2D eigenvalue weighted by Crippen LogP contribution is 2.31. The second kappa shape index (κ2) is 11.8. The third kappa shape index (κ3) is 7.45. The first-order valence-electron chi connectivity index (χ1n) is 11.7. The van der Waals surface area contributed by atoms with Gasteiger partial charge in [-0.25, -0.2) is 4.99 Å². The van der Waals surface area contributed by atoms with Gasteiger partial charge in [0.15, 0.2) is 5.96 Å². The second-order valence-corrected chi connectivity index (χ2v) is 9.09. The Kier molecular flexibility index (Phi) is 9.14. The van der Waals surface area contributed by atoms with Gasteiger partial charge in [-0.05, 0) is 44.7 Å². The monoisotopic (exact) mass is 432 g/mol. The standard InChI is InChI=1S/C24H40N4O3/c1-4-25-23(27-17-24(9-11-29)10-12-30-18-24)26-13-21-5-7-22(8-6-21)16-28-14-19(2)31-20(3)15-28/h5-8,19-20,29H,4,9-18H2,1-3H3,(H2,25,26,27). The van der Waals surface area contributed by atoms with Crippen molar-refractivity contribution in [1.29, 1.82) is 0 Å². The van der Waals surface area contributed by atoms with E-state index in [0.717, 1.165) is 58.1 Å². The van der Waals surface area contributed by atoms with Crippen LogP contribution >= 0.6 is 0 Å². The normalized spacial score (nSPS) is 27.4. The summed E-state index contributed by atoms with van der Waals surface area (Å²) in [6, 6.07) is 8.77. The third-order valence-electron chi connectivity index (χ3n) is 6.15. The Labute approximate surface area is 187 Å². The predicted octanol–water partition coefficient (Wildman–Crippen LogP) is 2.14. The molecule has 0 amide bonds. The van der Waals surface area contributed by atoms with Crippen molar-refractivity contribution in [2.24, 2.45) is 10.4 Å². The van der Waals surface area contributed by atoms with Crippen LogP contribution < -0.4 is 10.6 Å². The summed E-state index contributed by atoms with van der Waals surface area (Å²) in [5, 5.41) is 16.2. The predicted molar refractivity (Wildman–Crippen MR) is 124 cm³/mol. The summed E-state index contributed by atoms with van der Waals surface area (Å²) in [5.74, 6) is 0.812.